The third kappa shape index (κ3) is 5.47. The molecule has 1 atom stereocenters. The molecule has 0 bridgehead atoms. The Labute approximate surface area is 98.3 Å². The van der Waals surface area contributed by atoms with E-state index < -0.39 is 0 Å². The lowest BCUT2D eigenvalue weighted by atomic mass is 10.1. The Balaban J connectivity index is 2.18. The van der Waals surface area contributed by atoms with Crippen LogP contribution in [0.5, 0.6) is 0 Å². The van der Waals surface area contributed by atoms with Crippen molar-refractivity contribution in [2.24, 2.45) is 5.92 Å². The molecule has 0 aromatic heterocycles. The highest BCUT2D eigenvalue weighted by Crippen LogP contribution is 2.01. The third-order valence-electron chi connectivity index (χ3n) is 2.64. The summed E-state index contributed by atoms with van der Waals surface area (Å²) in [5, 5.41) is 3.04. The summed E-state index contributed by atoms with van der Waals surface area (Å²) in [4.78, 5) is 13.9. The first-order valence-electron chi connectivity index (χ1n) is 6.17. The molecule has 1 aliphatic heterocycles. The number of nitrogens with one attached hydrogen (secondary N) is 1. The molecule has 0 spiro atoms. The number of carbonyl (C=O) groups excluding carboxylic acids is 1. The molecule has 0 radical (unpaired) electrons. The topological polar surface area (TPSA) is 41.6 Å². The van der Waals surface area contributed by atoms with E-state index in [4.69, 9.17) is 4.74 Å². The fourth-order valence-corrected chi connectivity index (χ4v) is 1.92. The van der Waals surface area contributed by atoms with Gasteiger partial charge in [0.2, 0.25) is 5.91 Å². The van der Waals surface area contributed by atoms with Gasteiger partial charge < -0.3 is 10.1 Å². The van der Waals surface area contributed by atoms with Crippen molar-refractivity contribution in [1.29, 1.82) is 0 Å². The number of ether oxygens (including phenoxy) is 1. The number of nitrogens with zero attached hydrogens (tertiary/aromatic N) is 1. The predicted molar refractivity (Wildman–Crippen MR) is 64.3 cm³/mol. The molecule has 1 fully saturated rings. The van der Waals surface area contributed by atoms with Crippen LogP contribution >= 0.6 is 0 Å². The van der Waals surface area contributed by atoms with E-state index in [2.05, 4.69) is 31.0 Å². The van der Waals surface area contributed by atoms with Crippen LogP contribution in [0.2, 0.25) is 0 Å². The first-order valence-corrected chi connectivity index (χ1v) is 6.17. The van der Waals surface area contributed by atoms with Crippen molar-refractivity contribution in [3.8, 4) is 0 Å². The SMILES string of the molecule is CC(C)CC(=O)NC(C)CN1CCOCC1. The van der Waals surface area contributed by atoms with Crippen molar-refractivity contribution in [2.45, 2.75) is 33.2 Å². The molecule has 1 amide bonds. The predicted octanol–water partition coefficient (Wildman–Crippen LogP) is 0.869. The Hall–Kier alpha value is -0.610. The van der Waals surface area contributed by atoms with E-state index in [1.54, 1.807) is 0 Å². The van der Waals surface area contributed by atoms with Crippen LogP contribution in [0, 0.1) is 5.92 Å². The Bertz CT molecular complexity index is 213. The van der Waals surface area contributed by atoms with E-state index in [-0.39, 0.29) is 11.9 Å². The highest BCUT2D eigenvalue weighted by molar-refractivity contribution is 5.76. The van der Waals surface area contributed by atoms with Crippen molar-refractivity contribution in [3.05, 3.63) is 0 Å². The van der Waals surface area contributed by atoms with Gasteiger partial charge in [-0.3, -0.25) is 9.69 Å². The minimum absolute atomic E-state index is 0.163. The summed E-state index contributed by atoms with van der Waals surface area (Å²) in [5.74, 6) is 0.589. The minimum Gasteiger partial charge on any atom is -0.379 e. The summed E-state index contributed by atoms with van der Waals surface area (Å²) in [6, 6.07) is 0.226. The van der Waals surface area contributed by atoms with Gasteiger partial charge in [-0.15, -0.1) is 0 Å². The van der Waals surface area contributed by atoms with Crippen LogP contribution in [0.25, 0.3) is 0 Å². The van der Waals surface area contributed by atoms with Crippen LogP contribution in [-0.2, 0) is 9.53 Å². The van der Waals surface area contributed by atoms with Crippen molar-refractivity contribution in [3.63, 3.8) is 0 Å². The van der Waals surface area contributed by atoms with Crippen molar-refractivity contribution in [1.82, 2.24) is 10.2 Å². The summed E-state index contributed by atoms with van der Waals surface area (Å²) in [5.41, 5.74) is 0. The Morgan fingerprint density at radius 2 is 1.94 bits per heavy atom. The second-order valence-electron chi connectivity index (χ2n) is 4.98. The van der Waals surface area contributed by atoms with Crippen molar-refractivity contribution >= 4 is 5.91 Å². The van der Waals surface area contributed by atoms with Crippen LogP contribution in [0.15, 0.2) is 0 Å². The molecule has 1 unspecified atom stereocenters. The van der Waals surface area contributed by atoms with Gasteiger partial charge in [-0.05, 0) is 12.8 Å². The van der Waals surface area contributed by atoms with Gasteiger partial charge in [0.05, 0.1) is 13.2 Å². The van der Waals surface area contributed by atoms with E-state index >= 15 is 0 Å². The van der Waals surface area contributed by atoms with Gasteiger partial charge in [0, 0.05) is 32.1 Å². The van der Waals surface area contributed by atoms with Crippen LogP contribution in [0.3, 0.4) is 0 Å². The van der Waals surface area contributed by atoms with E-state index in [1.165, 1.54) is 0 Å². The quantitative estimate of drug-likeness (QED) is 0.759. The monoisotopic (exact) mass is 228 g/mol. The normalized spacial score (nSPS) is 19.8. The minimum atomic E-state index is 0.163. The Morgan fingerprint density at radius 3 is 2.50 bits per heavy atom. The van der Waals surface area contributed by atoms with Crippen LogP contribution in [0.4, 0.5) is 0 Å². The maximum absolute atomic E-state index is 11.6. The second-order valence-corrected chi connectivity index (χ2v) is 4.98. The highest BCUT2D eigenvalue weighted by Gasteiger charge is 2.15. The average Bonchev–Trinajstić information content (AvgIpc) is 2.17. The van der Waals surface area contributed by atoms with Gasteiger partial charge >= 0.3 is 0 Å². The molecule has 4 heteroatoms. The molecule has 0 aromatic rings. The van der Waals surface area contributed by atoms with Crippen molar-refractivity contribution in [2.75, 3.05) is 32.8 Å². The van der Waals surface area contributed by atoms with Crippen LogP contribution in [0.1, 0.15) is 27.2 Å². The molecule has 1 N–H and O–H groups in total. The van der Waals surface area contributed by atoms with Crippen LogP contribution in [-0.4, -0.2) is 49.7 Å². The number of carbonyl (C=O) groups is 1. The maximum Gasteiger partial charge on any atom is 0.220 e. The molecular weight excluding hydrogens is 204 g/mol. The summed E-state index contributed by atoms with van der Waals surface area (Å²) in [6.07, 6.45) is 0.619. The number of rotatable bonds is 5. The second kappa shape index (κ2) is 6.86. The fraction of sp³-hybridized carbons (Fsp3) is 0.917. The zero-order chi connectivity index (χ0) is 12.0. The Morgan fingerprint density at radius 1 is 1.31 bits per heavy atom. The smallest absolute Gasteiger partial charge is 0.220 e. The number of morpholine rings is 1. The largest absolute Gasteiger partial charge is 0.379 e. The molecule has 4 nitrogen and oxygen atoms in total. The molecule has 1 heterocycles. The molecule has 0 saturated carbocycles. The number of hydrogen-bond acceptors (Lipinski definition) is 3. The van der Waals surface area contributed by atoms with E-state index in [9.17, 15) is 4.79 Å². The van der Waals surface area contributed by atoms with Gasteiger partial charge in [0.1, 0.15) is 0 Å². The lowest BCUT2D eigenvalue weighted by Crippen LogP contribution is -2.46. The molecule has 0 aromatic carbocycles. The molecule has 1 saturated heterocycles. The van der Waals surface area contributed by atoms with Gasteiger partial charge in [-0.25, -0.2) is 0 Å². The van der Waals surface area contributed by atoms with Gasteiger partial charge in [0.15, 0.2) is 0 Å². The molecule has 94 valence electrons. The van der Waals surface area contributed by atoms with Gasteiger partial charge in [-0.1, -0.05) is 13.8 Å². The number of amides is 1. The lowest BCUT2D eigenvalue weighted by molar-refractivity contribution is -0.122. The van der Waals surface area contributed by atoms with Crippen molar-refractivity contribution < 1.29 is 9.53 Å². The average molecular weight is 228 g/mol. The summed E-state index contributed by atoms with van der Waals surface area (Å²) < 4.78 is 5.29. The summed E-state index contributed by atoms with van der Waals surface area (Å²) in [7, 11) is 0. The van der Waals surface area contributed by atoms with E-state index in [0.29, 0.717) is 12.3 Å². The first kappa shape index (κ1) is 13.5. The van der Waals surface area contributed by atoms with E-state index in [0.717, 1.165) is 32.8 Å². The number of hydrogen-bond donors (Lipinski definition) is 1. The molecule has 1 rings (SSSR count). The maximum atomic E-state index is 11.6. The molecule has 1 aliphatic rings. The Kier molecular flexibility index (Phi) is 5.77. The zero-order valence-electron chi connectivity index (χ0n) is 10.7. The van der Waals surface area contributed by atoms with Gasteiger partial charge in [-0.2, -0.15) is 0 Å². The summed E-state index contributed by atoms with van der Waals surface area (Å²) in [6.45, 7) is 10.7. The van der Waals surface area contributed by atoms with Gasteiger partial charge in [0.25, 0.3) is 0 Å². The zero-order valence-corrected chi connectivity index (χ0v) is 10.7. The molecule has 16 heavy (non-hydrogen) atoms. The third-order valence-corrected chi connectivity index (χ3v) is 2.64. The van der Waals surface area contributed by atoms with Crippen LogP contribution < -0.4 is 5.32 Å². The lowest BCUT2D eigenvalue weighted by Gasteiger charge is -2.29. The van der Waals surface area contributed by atoms with E-state index in [1.807, 2.05) is 0 Å². The molecular formula is C12H24N2O2. The highest BCUT2D eigenvalue weighted by atomic mass is 16.5. The fourth-order valence-electron chi connectivity index (χ4n) is 1.92. The standard InChI is InChI=1S/C12H24N2O2/c1-10(2)8-12(15)13-11(3)9-14-4-6-16-7-5-14/h10-11H,4-9H2,1-3H3,(H,13,15). The molecule has 0 aliphatic carbocycles. The first-order chi connectivity index (χ1) is 7.58. The summed E-state index contributed by atoms with van der Waals surface area (Å²) >= 11 is 0.